The number of carbonyl (C=O) groups excluding carboxylic acids is 2. The molecule has 1 heterocycles. The van der Waals surface area contributed by atoms with Crippen molar-refractivity contribution in [3.05, 3.63) is 59.7 Å². The molecular formula is C22H26N2O4. The zero-order valence-electron chi connectivity index (χ0n) is 16.4. The summed E-state index contributed by atoms with van der Waals surface area (Å²) in [6, 6.07) is 14.1. The topological polar surface area (TPSA) is 76.7 Å². The van der Waals surface area contributed by atoms with Gasteiger partial charge in [0.05, 0.1) is 6.54 Å². The van der Waals surface area contributed by atoms with Crippen molar-refractivity contribution in [2.75, 3.05) is 13.2 Å². The molecule has 6 heteroatoms. The Morgan fingerprint density at radius 1 is 1.07 bits per heavy atom. The van der Waals surface area contributed by atoms with Crippen molar-refractivity contribution in [3.8, 4) is 11.5 Å². The molecule has 6 nitrogen and oxygen atoms in total. The first-order chi connectivity index (χ1) is 13.4. The molecule has 0 aromatic heterocycles. The smallest absolute Gasteiger partial charge is 0.251 e. The molecule has 28 heavy (non-hydrogen) atoms. The van der Waals surface area contributed by atoms with E-state index in [2.05, 4.69) is 10.6 Å². The van der Waals surface area contributed by atoms with E-state index in [1.165, 1.54) is 0 Å². The number of benzene rings is 2. The van der Waals surface area contributed by atoms with Crippen LogP contribution in [-0.2, 0) is 4.79 Å². The van der Waals surface area contributed by atoms with Gasteiger partial charge in [0.2, 0.25) is 5.91 Å². The molecule has 1 aliphatic rings. The fraction of sp³-hybridized carbons (Fsp3) is 0.364. The SMILES string of the molecule is Cc1ccc(C(=O)NC(C(=O)NCC2COc3ccccc3O2)C(C)C)cc1. The van der Waals surface area contributed by atoms with E-state index in [-0.39, 0.29) is 23.8 Å². The maximum Gasteiger partial charge on any atom is 0.251 e. The molecule has 0 fully saturated rings. The highest BCUT2D eigenvalue weighted by Gasteiger charge is 2.27. The summed E-state index contributed by atoms with van der Waals surface area (Å²) in [6.45, 7) is 6.42. The number of carbonyl (C=O) groups is 2. The van der Waals surface area contributed by atoms with Crippen LogP contribution in [0.2, 0.25) is 0 Å². The van der Waals surface area contributed by atoms with Crippen molar-refractivity contribution in [3.63, 3.8) is 0 Å². The third-order valence-electron chi connectivity index (χ3n) is 4.62. The van der Waals surface area contributed by atoms with E-state index in [1.54, 1.807) is 12.1 Å². The van der Waals surface area contributed by atoms with Crippen LogP contribution >= 0.6 is 0 Å². The number of nitrogens with one attached hydrogen (secondary N) is 2. The highest BCUT2D eigenvalue weighted by Crippen LogP contribution is 2.30. The predicted octanol–water partition coefficient (Wildman–Crippen LogP) is 2.71. The lowest BCUT2D eigenvalue weighted by atomic mass is 10.0. The van der Waals surface area contributed by atoms with E-state index >= 15 is 0 Å². The van der Waals surface area contributed by atoms with Gasteiger partial charge in [0, 0.05) is 5.56 Å². The first kappa shape index (κ1) is 19.7. The zero-order valence-corrected chi connectivity index (χ0v) is 16.4. The van der Waals surface area contributed by atoms with Gasteiger partial charge in [-0.3, -0.25) is 9.59 Å². The first-order valence-electron chi connectivity index (χ1n) is 9.48. The Morgan fingerprint density at radius 2 is 1.75 bits per heavy atom. The number of rotatable bonds is 6. The molecular weight excluding hydrogens is 356 g/mol. The monoisotopic (exact) mass is 382 g/mol. The standard InChI is InChI=1S/C22H26N2O4/c1-14(2)20(24-21(25)16-10-8-15(3)9-11-16)22(26)23-12-17-13-27-18-6-4-5-7-19(18)28-17/h4-11,14,17,20H,12-13H2,1-3H3,(H,23,26)(H,24,25). The summed E-state index contributed by atoms with van der Waals surface area (Å²) in [5, 5.41) is 5.70. The second-order valence-corrected chi connectivity index (χ2v) is 7.30. The second kappa shape index (κ2) is 8.78. The molecule has 0 saturated heterocycles. The van der Waals surface area contributed by atoms with Crippen LogP contribution in [0.15, 0.2) is 48.5 Å². The molecule has 0 saturated carbocycles. The van der Waals surface area contributed by atoms with Gasteiger partial charge >= 0.3 is 0 Å². The Morgan fingerprint density at radius 3 is 2.43 bits per heavy atom. The zero-order chi connectivity index (χ0) is 20.1. The van der Waals surface area contributed by atoms with Crippen molar-refractivity contribution in [1.82, 2.24) is 10.6 Å². The van der Waals surface area contributed by atoms with E-state index in [9.17, 15) is 9.59 Å². The third-order valence-corrected chi connectivity index (χ3v) is 4.62. The predicted molar refractivity (Wildman–Crippen MR) is 107 cm³/mol. The van der Waals surface area contributed by atoms with Gasteiger partial charge in [0.25, 0.3) is 5.91 Å². The number of aryl methyl sites for hydroxylation is 1. The molecule has 2 aromatic carbocycles. The number of ether oxygens (including phenoxy) is 2. The largest absolute Gasteiger partial charge is 0.486 e. The van der Waals surface area contributed by atoms with Crippen molar-refractivity contribution in [2.24, 2.45) is 5.92 Å². The Kier molecular flexibility index (Phi) is 6.19. The molecule has 0 radical (unpaired) electrons. The molecule has 2 N–H and O–H groups in total. The lowest BCUT2D eigenvalue weighted by molar-refractivity contribution is -0.124. The van der Waals surface area contributed by atoms with Crippen LogP contribution in [0.25, 0.3) is 0 Å². The molecule has 148 valence electrons. The number of hydrogen-bond acceptors (Lipinski definition) is 4. The maximum absolute atomic E-state index is 12.7. The summed E-state index contributed by atoms with van der Waals surface area (Å²) in [5.74, 6) is 0.813. The normalized spacial score (nSPS) is 16.4. The quantitative estimate of drug-likeness (QED) is 0.805. The summed E-state index contributed by atoms with van der Waals surface area (Å²) in [4.78, 5) is 25.2. The van der Waals surface area contributed by atoms with Crippen LogP contribution in [0.4, 0.5) is 0 Å². The Bertz CT molecular complexity index is 833. The Labute approximate surface area is 165 Å². The molecule has 2 amide bonds. The summed E-state index contributed by atoms with van der Waals surface area (Å²) in [5.41, 5.74) is 1.61. The Hall–Kier alpha value is -3.02. The van der Waals surface area contributed by atoms with Crippen molar-refractivity contribution < 1.29 is 19.1 Å². The van der Waals surface area contributed by atoms with Crippen LogP contribution in [-0.4, -0.2) is 37.1 Å². The number of para-hydroxylation sites is 2. The molecule has 2 unspecified atom stereocenters. The van der Waals surface area contributed by atoms with E-state index in [4.69, 9.17) is 9.47 Å². The average molecular weight is 382 g/mol. The number of fused-ring (bicyclic) bond motifs is 1. The molecule has 0 aliphatic carbocycles. The van der Waals surface area contributed by atoms with E-state index in [0.29, 0.717) is 30.2 Å². The van der Waals surface area contributed by atoms with Gasteiger partial charge in [-0.05, 0) is 37.1 Å². The molecule has 3 rings (SSSR count). The second-order valence-electron chi connectivity index (χ2n) is 7.30. The minimum Gasteiger partial charge on any atom is -0.486 e. The summed E-state index contributed by atoms with van der Waals surface area (Å²) >= 11 is 0. The van der Waals surface area contributed by atoms with E-state index < -0.39 is 6.04 Å². The van der Waals surface area contributed by atoms with Crippen molar-refractivity contribution in [2.45, 2.75) is 32.9 Å². The summed E-state index contributed by atoms with van der Waals surface area (Å²) in [6.07, 6.45) is -0.278. The van der Waals surface area contributed by atoms with Gasteiger partial charge < -0.3 is 20.1 Å². The maximum atomic E-state index is 12.7. The molecule has 1 aliphatic heterocycles. The van der Waals surface area contributed by atoms with Gasteiger partial charge in [-0.2, -0.15) is 0 Å². The first-order valence-corrected chi connectivity index (χ1v) is 9.48. The minimum atomic E-state index is -0.634. The van der Waals surface area contributed by atoms with E-state index in [1.807, 2.05) is 57.2 Å². The third kappa shape index (κ3) is 4.82. The Balaban J connectivity index is 1.56. The van der Waals surface area contributed by atoms with Crippen molar-refractivity contribution in [1.29, 1.82) is 0 Å². The van der Waals surface area contributed by atoms with Gasteiger partial charge in [0.15, 0.2) is 11.5 Å². The summed E-state index contributed by atoms with van der Waals surface area (Å²) < 4.78 is 11.5. The van der Waals surface area contributed by atoms with Gasteiger partial charge in [0.1, 0.15) is 18.8 Å². The lowest BCUT2D eigenvalue weighted by Gasteiger charge is -2.28. The molecule has 2 aromatic rings. The number of hydrogen-bond donors (Lipinski definition) is 2. The van der Waals surface area contributed by atoms with Crippen LogP contribution in [0.5, 0.6) is 11.5 Å². The average Bonchev–Trinajstić information content (AvgIpc) is 2.70. The van der Waals surface area contributed by atoms with Crippen LogP contribution < -0.4 is 20.1 Å². The van der Waals surface area contributed by atoms with E-state index in [0.717, 1.165) is 5.56 Å². The van der Waals surface area contributed by atoms with Crippen LogP contribution in [0, 0.1) is 12.8 Å². The summed E-state index contributed by atoms with van der Waals surface area (Å²) in [7, 11) is 0. The fourth-order valence-corrected chi connectivity index (χ4v) is 2.95. The van der Waals surface area contributed by atoms with Crippen LogP contribution in [0.3, 0.4) is 0 Å². The number of amides is 2. The van der Waals surface area contributed by atoms with Crippen LogP contribution in [0.1, 0.15) is 29.8 Å². The highest BCUT2D eigenvalue weighted by atomic mass is 16.6. The van der Waals surface area contributed by atoms with Gasteiger partial charge in [-0.15, -0.1) is 0 Å². The molecule has 0 spiro atoms. The van der Waals surface area contributed by atoms with Crippen molar-refractivity contribution >= 4 is 11.8 Å². The molecule has 2 atom stereocenters. The van der Waals surface area contributed by atoms with Gasteiger partial charge in [-0.1, -0.05) is 43.7 Å². The minimum absolute atomic E-state index is 0.0568. The molecule has 0 bridgehead atoms. The van der Waals surface area contributed by atoms with Gasteiger partial charge in [-0.25, -0.2) is 0 Å². The fourth-order valence-electron chi connectivity index (χ4n) is 2.95. The lowest BCUT2D eigenvalue weighted by Crippen LogP contribution is -2.52. The highest BCUT2D eigenvalue weighted by molar-refractivity contribution is 5.97.